The molecule has 1 rings (SSSR count). The largest absolute Gasteiger partial charge is 0.573 e. The van der Waals surface area contributed by atoms with Crippen molar-refractivity contribution < 1.29 is 17.9 Å². The first kappa shape index (κ1) is 11.0. The van der Waals surface area contributed by atoms with E-state index >= 15 is 0 Å². The minimum absolute atomic E-state index is 0.255. The highest BCUT2D eigenvalue weighted by Crippen LogP contribution is 2.28. The van der Waals surface area contributed by atoms with Gasteiger partial charge in [-0.05, 0) is 38.5 Å². The van der Waals surface area contributed by atoms with Crippen molar-refractivity contribution in [1.82, 2.24) is 4.98 Å². The van der Waals surface area contributed by atoms with Gasteiger partial charge >= 0.3 is 6.36 Å². The van der Waals surface area contributed by atoms with Gasteiger partial charge in [-0.2, -0.15) is 0 Å². The summed E-state index contributed by atoms with van der Waals surface area (Å²) < 4.78 is 39.7. The highest BCUT2D eigenvalue weighted by atomic mass is 127. The molecule has 7 heteroatoms. The van der Waals surface area contributed by atoms with Gasteiger partial charge in [-0.25, -0.2) is 4.98 Å². The quantitative estimate of drug-likeness (QED) is 0.561. The molecule has 0 aromatic carbocycles. The van der Waals surface area contributed by atoms with Crippen LogP contribution in [0.2, 0.25) is 0 Å². The van der Waals surface area contributed by atoms with Gasteiger partial charge in [0.05, 0.1) is 3.57 Å². The van der Waals surface area contributed by atoms with E-state index in [0.717, 1.165) is 6.07 Å². The SMILES string of the molecule is FC(F)(F)Oc1cc(Br)ncc1I. The van der Waals surface area contributed by atoms with Crippen LogP contribution >= 0.6 is 38.5 Å². The minimum atomic E-state index is -4.67. The molecule has 0 aliphatic carbocycles. The Bertz CT molecular complexity index is 317. The van der Waals surface area contributed by atoms with E-state index in [2.05, 4.69) is 25.7 Å². The lowest BCUT2D eigenvalue weighted by Gasteiger charge is -2.09. The lowest BCUT2D eigenvalue weighted by molar-refractivity contribution is -0.275. The number of nitrogens with zero attached hydrogens (tertiary/aromatic N) is 1. The van der Waals surface area contributed by atoms with Crippen molar-refractivity contribution in [3.63, 3.8) is 0 Å². The van der Waals surface area contributed by atoms with Crippen molar-refractivity contribution in [2.24, 2.45) is 0 Å². The first-order chi connectivity index (χ1) is 5.88. The van der Waals surface area contributed by atoms with Crippen molar-refractivity contribution in [1.29, 1.82) is 0 Å². The lowest BCUT2D eigenvalue weighted by Crippen LogP contribution is -2.17. The average molecular weight is 368 g/mol. The number of hydrogen-bond donors (Lipinski definition) is 0. The Kier molecular flexibility index (Phi) is 3.38. The van der Waals surface area contributed by atoms with Crippen LogP contribution in [0, 0.1) is 3.57 Å². The summed E-state index contributed by atoms with van der Waals surface area (Å²) in [5, 5.41) is 0. The van der Waals surface area contributed by atoms with E-state index in [4.69, 9.17) is 0 Å². The highest BCUT2D eigenvalue weighted by Gasteiger charge is 2.32. The second-order valence-corrected chi connectivity index (χ2v) is 3.96. The van der Waals surface area contributed by atoms with Gasteiger partial charge in [-0.15, -0.1) is 13.2 Å². The maximum absolute atomic E-state index is 11.8. The maximum Gasteiger partial charge on any atom is 0.573 e. The summed E-state index contributed by atoms with van der Waals surface area (Å²) in [7, 11) is 0. The molecule has 0 atom stereocenters. The molecule has 0 saturated carbocycles. The third-order valence-electron chi connectivity index (χ3n) is 1.01. The summed E-state index contributed by atoms with van der Waals surface area (Å²) in [5.74, 6) is -0.255. The number of rotatable bonds is 1. The van der Waals surface area contributed by atoms with E-state index in [1.54, 1.807) is 22.6 Å². The molecule has 72 valence electrons. The minimum Gasteiger partial charge on any atom is -0.404 e. The summed E-state index contributed by atoms with van der Waals surface area (Å²) in [4.78, 5) is 3.73. The van der Waals surface area contributed by atoms with E-state index in [1.165, 1.54) is 6.20 Å². The lowest BCUT2D eigenvalue weighted by atomic mass is 10.5. The Morgan fingerprint density at radius 3 is 2.62 bits per heavy atom. The molecule has 0 saturated heterocycles. The number of halogens is 5. The molecule has 13 heavy (non-hydrogen) atoms. The average Bonchev–Trinajstić information content (AvgIpc) is 1.94. The van der Waals surface area contributed by atoms with Crippen LogP contribution in [0.1, 0.15) is 0 Å². The molecule has 0 fully saturated rings. The molecular formula is C6H2BrF3INO. The van der Waals surface area contributed by atoms with Crippen molar-refractivity contribution in [2.45, 2.75) is 6.36 Å². The zero-order valence-electron chi connectivity index (χ0n) is 5.90. The Labute approximate surface area is 93.8 Å². The Morgan fingerprint density at radius 1 is 1.46 bits per heavy atom. The van der Waals surface area contributed by atoms with E-state index < -0.39 is 6.36 Å². The smallest absolute Gasteiger partial charge is 0.404 e. The fourth-order valence-electron chi connectivity index (χ4n) is 0.599. The number of hydrogen-bond acceptors (Lipinski definition) is 2. The van der Waals surface area contributed by atoms with Gasteiger partial charge in [0.2, 0.25) is 0 Å². The van der Waals surface area contributed by atoms with E-state index in [0.29, 0.717) is 8.17 Å². The summed E-state index contributed by atoms with van der Waals surface area (Å²) in [6.07, 6.45) is -3.38. The number of aromatic nitrogens is 1. The Morgan fingerprint density at radius 2 is 2.08 bits per heavy atom. The van der Waals surface area contributed by atoms with E-state index in [-0.39, 0.29) is 5.75 Å². The van der Waals surface area contributed by atoms with Gasteiger partial charge in [0.15, 0.2) is 0 Å². The molecule has 0 bridgehead atoms. The molecule has 0 aliphatic rings. The van der Waals surface area contributed by atoms with Gasteiger partial charge in [0.25, 0.3) is 0 Å². The first-order valence-electron chi connectivity index (χ1n) is 2.95. The fourth-order valence-corrected chi connectivity index (χ4v) is 1.31. The standard InChI is InChI=1S/C6H2BrF3INO/c7-5-1-4(3(11)2-12-5)13-6(8,9)10/h1-2H. The molecule has 1 heterocycles. The molecule has 2 nitrogen and oxygen atoms in total. The predicted octanol–water partition coefficient (Wildman–Crippen LogP) is 3.35. The van der Waals surface area contributed by atoms with Crippen LogP contribution < -0.4 is 4.74 Å². The van der Waals surface area contributed by atoms with E-state index in [1.807, 2.05) is 0 Å². The molecule has 1 aromatic rings. The van der Waals surface area contributed by atoms with Crippen LogP contribution in [0.4, 0.5) is 13.2 Å². The van der Waals surface area contributed by atoms with Gasteiger partial charge in [0, 0.05) is 12.3 Å². The van der Waals surface area contributed by atoms with Crippen LogP contribution in [-0.2, 0) is 0 Å². The molecule has 1 aromatic heterocycles. The maximum atomic E-state index is 11.8. The highest BCUT2D eigenvalue weighted by molar-refractivity contribution is 14.1. The van der Waals surface area contributed by atoms with Gasteiger partial charge in [-0.3, -0.25) is 0 Å². The molecule has 0 unspecified atom stereocenters. The molecule has 0 amide bonds. The normalized spacial score (nSPS) is 11.5. The van der Waals surface area contributed by atoms with Crippen LogP contribution in [0.5, 0.6) is 5.75 Å². The van der Waals surface area contributed by atoms with E-state index in [9.17, 15) is 13.2 Å². The second kappa shape index (κ2) is 3.99. The van der Waals surface area contributed by atoms with Gasteiger partial charge < -0.3 is 4.74 Å². The monoisotopic (exact) mass is 367 g/mol. The summed E-state index contributed by atoms with van der Waals surface area (Å²) in [6, 6.07) is 1.16. The number of ether oxygens (including phenoxy) is 1. The molecule has 0 aliphatic heterocycles. The number of pyridine rings is 1. The van der Waals surface area contributed by atoms with Crippen LogP contribution in [0.15, 0.2) is 16.9 Å². The van der Waals surface area contributed by atoms with Crippen molar-refractivity contribution in [2.75, 3.05) is 0 Å². The molecule has 0 radical (unpaired) electrons. The van der Waals surface area contributed by atoms with Gasteiger partial charge in [0.1, 0.15) is 10.4 Å². The van der Waals surface area contributed by atoms with Crippen molar-refractivity contribution in [3.8, 4) is 5.75 Å². The molecule has 0 N–H and O–H groups in total. The zero-order valence-corrected chi connectivity index (χ0v) is 9.64. The third-order valence-corrected chi connectivity index (χ3v) is 2.26. The summed E-state index contributed by atoms with van der Waals surface area (Å²) in [6.45, 7) is 0. The van der Waals surface area contributed by atoms with Gasteiger partial charge in [-0.1, -0.05) is 0 Å². The Hall–Kier alpha value is -0.0500. The summed E-state index contributed by atoms with van der Waals surface area (Å²) in [5.41, 5.74) is 0. The number of alkyl halides is 3. The third kappa shape index (κ3) is 3.67. The topological polar surface area (TPSA) is 22.1 Å². The molecular weight excluding hydrogens is 366 g/mol. The van der Waals surface area contributed by atoms with Crippen LogP contribution in [0.25, 0.3) is 0 Å². The fraction of sp³-hybridized carbons (Fsp3) is 0.167. The van der Waals surface area contributed by atoms with Crippen LogP contribution in [0.3, 0.4) is 0 Å². The van der Waals surface area contributed by atoms with Crippen molar-refractivity contribution in [3.05, 3.63) is 20.4 Å². The predicted molar refractivity (Wildman–Crippen MR) is 51.3 cm³/mol. The van der Waals surface area contributed by atoms with Crippen molar-refractivity contribution >= 4 is 38.5 Å². The zero-order chi connectivity index (χ0) is 10.1. The Balaban J connectivity index is 2.94. The first-order valence-corrected chi connectivity index (χ1v) is 4.82. The second-order valence-electron chi connectivity index (χ2n) is 1.99. The van der Waals surface area contributed by atoms with Crippen LogP contribution in [-0.4, -0.2) is 11.3 Å². The molecule has 0 spiro atoms. The summed E-state index contributed by atoms with van der Waals surface area (Å²) >= 11 is 4.65.